The smallest absolute Gasteiger partial charge is 0.342 e. The molecule has 1 aromatic rings. The number of ether oxygens (including phenoxy) is 3. The first kappa shape index (κ1) is 20.8. The molecule has 0 unspecified atom stereocenters. The van der Waals surface area contributed by atoms with Crippen LogP contribution < -0.4 is 9.47 Å². The molecule has 0 spiro atoms. The summed E-state index contributed by atoms with van der Waals surface area (Å²) >= 11 is 0. The van der Waals surface area contributed by atoms with Gasteiger partial charge in [0.15, 0.2) is 0 Å². The third-order valence-corrected chi connectivity index (χ3v) is 4.86. The predicted octanol–water partition coefficient (Wildman–Crippen LogP) is 3.54. The second-order valence-corrected chi connectivity index (χ2v) is 6.61. The zero-order chi connectivity index (χ0) is 19.8. The van der Waals surface area contributed by atoms with E-state index in [0.29, 0.717) is 35.0 Å². The van der Waals surface area contributed by atoms with Crippen molar-refractivity contribution in [1.82, 2.24) is 4.90 Å². The van der Waals surface area contributed by atoms with Crippen LogP contribution in [-0.4, -0.2) is 51.2 Å². The Bertz CT molecular complexity index is 690. The van der Waals surface area contributed by atoms with Gasteiger partial charge in [-0.2, -0.15) is 0 Å². The van der Waals surface area contributed by atoms with Gasteiger partial charge < -0.3 is 19.1 Å². The maximum Gasteiger partial charge on any atom is 0.342 e. The largest absolute Gasteiger partial charge is 0.497 e. The Kier molecular flexibility index (Phi) is 7.70. The molecule has 2 rings (SSSR count). The van der Waals surface area contributed by atoms with E-state index in [1.165, 1.54) is 14.2 Å². The standard InChI is InChI=1S/C21H29NO5/c1-5-6-19(23)22-11-9-15(10-12-22)7-8-16-13-17(25-2)14-18(26-3)20(16)21(24)27-4/h7-8,13-15H,5-6,9-12H2,1-4H3/b8-7+. The number of carbonyl (C=O) groups excluding carboxylic acids is 2. The zero-order valence-corrected chi connectivity index (χ0v) is 16.6. The van der Waals surface area contributed by atoms with Crippen LogP contribution in [0.5, 0.6) is 11.5 Å². The van der Waals surface area contributed by atoms with Crippen molar-refractivity contribution in [3.63, 3.8) is 0 Å². The van der Waals surface area contributed by atoms with Crippen LogP contribution in [0.2, 0.25) is 0 Å². The van der Waals surface area contributed by atoms with Gasteiger partial charge in [0, 0.05) is 25.6 Å². The maximum atomic E-state index is 12.2. The molecular formula is C21H29NO5. The molecule has 0 atom stereocenters. The van der Waals surface area contributed by atoms with Crippen molar-refractivity contribution in [3.05, 3.63) is 29.3 Å². The van der Waals surface area contributed by atoms with Crippen LogP contribution in [-0.2, 0) is 9.53 Å². The Morgan fingerprint density at radius 1 is 1.15 bits per heavy atom. The molecule has 0 saturated carbocycles. The average Bonchev–Trinajstić information content (AvgIpc) is 2.71. The molecule has 1 saturated heterocycles. The highest BCUT2D eigenvalue weighted by molar-refractivity contribution is 5.97. The highest BCUT2D eigenvalue weighted by atomic mass is 16.5. The number of piperidine rings is 1. The molecule has 0 aliphatic carbocycles. The van der Waals surface area contributed by atoms with Crippen LogP contribution in [0.15, 0.2) is 18.2 Å². The number of nitrogens with zero attached hydrogens (tertiary/aromatic N) is 1. The van der Waals surface area contributed by atoms with Crippen LogP contribution in [0.1, 0.15) is 48.5 Å². The normalized spacial score (nSPS) is 15.0. The molecule has 148 valence electrons. The molecule has 6 heteroatoms. The molecule has 1 aliphatic rings. The summed E-state index contributed by atoms with van der Waals surface area (Å²) in [6.07, 6.45) is 7.36. The minimum atomic E-state index is -0.450. The van der Waals surface area contributed by atoms with Crippen LogP contribution in [0, 0.1) is 5.92 Å². The summed E-state index contributed by atoms with van der Waals surface area (Å²) in [4.78, 5) is 26.2. The summed E-state index contributed by atoms with van der Waals surface area (Å²) in [5.41, 5.74) is 1.08. The number of carbonyl (C=O) groups is 2. The number of benzene rings is 1. The van der Waals surface area contributed by atoms with E-state index >= 15 is 0 Å². The van der Waals surface area contributed by atoms with E-state index in [1.54, 1.807) is 19.2 Å². The van der Waals surface area contributed by atoms with Gasteiger partial charge in [0.1, 0.15) is 17.1 Å². The minimum absolute atomic E-state index is 0.241. The molecule has 1 aliphatic heterocycles. The number of amides is 1. The number of methoxy groups -OCH3 is 3. The summed E-state index contributed by atoms with van der Waals surface area (Å²) in [6, 6.07) is 3.46. The topological polar surface area (TPSA) is 65.1 Å². The number of hydrogen-bond donors (Lipinski definition) is 0. The van der Waals surface area contributed by atoms with Crippen molar-refractivity contribution >= 4 is 18.0 Å². The predicted molar refractivity (Wildman–Crippen MR) is 104 cm³/mol. The molecule has 1 heterocycles. The molecule has 0 N–H and O–H groups in total. The molecule has 0 aromatic heterocycles. The number of likely N-dealkylation sites (tertiary alicyclic amines) is 1. The Balaban J connectivity index is 2.16. The Labute approximate surface area is 161 Å². The quantitative estimate of drug-likeness (QED) is 0.682. The minimum Gasteiger partial charge on any atom is -0.497 e. The van der Waals surface area contributed by atoms with Gasteiger partial charge in [-0.3, -0.25) is 4.79 Å². The van der Waals surface area contributed by atoms with E-state index in [4.69, 9.17) is 14.2 Å². The summed E-state index contributed by atoms with van der Waals surface area (Å²) in [5, 5.41) is 0. The lowest BCUT2D eigenvalue weighted by Gasteiger charge is -2.30. The lowest BCUT2D eigenvalue weighted by molar-refractivity contribution is -0.132. The monoisotopic (exact) mass is 375 g/mol. The third kappa shape index (κ3) is 5.25. The summed E-state index contributed by atoms with van der Waals surface area (Å²) in [5.74, 6) is 1.18. The van der Waals surface area contributed by atoms with Crippen molar-refractivity contribution < 1.29 is 23.8 Å². The number of rotatable bonds is 7. The fourth-order valence-electron chi connectivity index (χ4n) is 3.29. The molecule has 1 fully saturated rings. The summed E-state index contributed by atoms with van der Waals surface area (Å²) in [7, 11) is 4.43. The molecule has 1 aromatic carbocycles. The van der Waals surface area contributed by atoms with E-state index in [0.717, 1.165) is 32.4 Å². The van der Waals surface area contributed by atoms with Crippen molar-refractivity contribution in [2.75, 3.05) is 34.4 Å². The zero-order valence-electron chi connectivity index (χ0n) is 16.6. The number of hydrogen-bond acceptors (Lipinski definition) is 5. The molecule has 0 bridgehead atoms. The highest BCUT2D eigenvalue weighted by Crippen LogP contribution is 2.31. The van der Waals surface area contributed by atoms with Crippen LogP contribution in [0.4, 0.5) is 0 Å². The average molecular weight is 375 g/mol. The van der Waals surface area contributed by atoms with Gasteiger partial charge in [-0.1, -0.05) is 19.1 Å². The Hall–Kier alpha value is -2.50. The van der Waals surface area contributed by atoms with Crippen LogP contribution in [0.3, 0.4) is 0 Å². The number of esters is 1. The summed E-state index contributed by atoms with van der Waals surface area (Å²) in [6.45, 7) is 3.58. The van der Waals surface area contributed by atoms with Crippen molar-refractivity contribution in [2.45, 2.75) is 32.6 Å². The Morgan fingerprint density at radius 2 is 1.85 bits per heavy atom. The van der Waals surface area contributed by atoms with Gasteiger partial charge in [-0.25, -0.2) is 4.79 Å². The van der Waals surface area contributed by atoms with Gasteiger partial charge >= 0.3 is 5.97 Å². The highest BCUT2D eigenvalue weighted by Gasteiger charge is 2.22. The van der Waals surface area contributed by atoms with E-state index in [-0.39, 0.29) is 5.91 Å². The molecular weight excluding hydrogens is 346 g/mol. The van der Waals surface area contributed by atoms with Gasteiger partial charge in [-0.05, 0) is 36.8 Å². The van der Waals surface area contributed by atoms with E-state index in [9.17, 15) is 9.59 Å². The van der Waals surface area contributed by atoms with Crippen molar-refractivity contribution in [2.24, 2.45) is 5.92 Å². The van der Waals surface area contributed by atoms with Gasteiger partial charge in [-0.15, -0.1) is 0 Å². The molecule has 1 amide bonds. The fourth-order valence-corrected chi connectivity index (χ4v) is 3.29. The van der Waals surface area contributed by atoms with Crippen LogP contribution >= 0.6 is 0 Å². The van der Waals surface area contributed by atoms with Gasteiger partial charge in [0.25, 0.3) is 0 Å². The van der Waals surface area contributed by atoms with Gasteiger partial charge in [0.2, 0.25) is 5.91 Å². The second-order valence-electron chi connectivity index (χ2n) is 6.61. The van der Waals surface area contributed by atoms with Crippen molar-refractivity contribution in [3.8, 4) is 11.5 Å². The lowest BCUT2D eigenvalue weighted by atomic mass is 9.94. The lowest BCUT2D eigenvalue weighted by Crippen LogP contribution is -2.37. The molecule has 27 heavy (non-hydrogen) atoms. The number of allylic oxidation sites excluding steroid dienone is 1. The van der Waals surface area contributed by atoms with E-state index < -0.39 is 5.97 Å². The SMILES string of the molecule is CCCC(=O)N1CCC(/C=C/c2cc(OC)cc(OC)c2C(=O)OC)CC1. The Morgan fingerprint density at radius 3 is 2.41 bits per heavy atom. The third-order valence-electron chi connectivity index (χ3n) is 4.86. The first-order chi connectivity index (χ1) is 13.0. The van der Waals surface area contributed by atoms with Crippen molar-refractivity contribution in [1.29, 1.82) is 0 Å². The van der Waals surface area contributed by atoms with E-state index in [1.807, 2.05) is 17.9 Å². The second kappa shape index (κ2) is 10.00. The van der Waals surface area contributed by atoms with Crippen LogP contribution in [0.25, 0.3) is 6.08 Å². The van der Waals surface area contributed by atoms with Gasteiger partial charge in [0.05, 0.1) is 21.3 Å². The first-order valence-electron chi connectivity index (χ1n) is 9.34. The summed E-state index contributed by atoms with van der Waals surface area (Å²) < 4.78 is 15.6. The fraction of sp³-hybridized carbons (Fsp3) is 0.524. The molecule has 0 radical (unpaired) electrons. The molecule has 6 nitrogen and oxygen atoms in total. The first-order valence-corrected chi connectivity index (χ1v) is 9.34. The van der Waals surface area contributed by atoms with E-state index in [2.05, 4.69) is 6.08 Å². The maximum absolute atomic E-state index is 12.2.